The van der Waals surface area contributed by atoms with E-state index in [4.69, 9.17) is 9.73 Å². The average Bonchev–Trinajstić information content (AvgIpc) is 3.15. The molecule has 3 rings (SSSR count). The molecule has 0 amide bonds. The molecule has 0 aromatic rings. The van der Waals surface area contributed by atoms with Gasteiger partial charge in [0.1, 0.15) is 0 Å². The normalized spacial score (nSPS) is 27.3. The van der Waals surface area contributed by atoms with Crippen LogP contribution < -0.4 is 5.32 Å². The van der Waals surface area contributed by atoms with Crippen LogP contribution >= 0.6 is 0 Å². The van der Waals surface area contributed by atoms with Crippen molar-refractivity contribution in [3.63, 3.8) is 0 Å². The molecule has 1 atom stereocenters. The third-order valence-corrected chi connectivity index (χ3v) is 6.78. The fourth-order valence-electron chi connectivity index (χ4n) is 4.83. The van der Waals surface area contributed by atoms with E-state index in [0.29, 0.717) is 0 Å². The van der Waals surface area contributed by atoms with E-state index in [1.165, 1.54) is 45.3 Å². The largest absolute Gasteiger partial charge is 0.381 e. The smallest absolute Gasteiger partial charge is 0.193 e. The monoisotopic (exact) mass is 379 g/mol. The number of likely N-dealkylation sites (N-methyl/N-ethyl adjacent to an activating group) is 1. The van der Waals surface area contributed by atoms with Gasteiger partial charge in [-0.1, -0.05) is 6.42 Å². The molecule has 0 bridgehead atoms. The number of likely N-dealkylation sites (tertiary alicyclic amines) is 2. The van der Waals surface area contributed by atoms with E-state index in [2.05, 4.69) is 41.0 Å². The lowest BCUT2D eigenvalue weighted by Gasteiger charge is -2.42. The molecule has 0 spiro atoms. The Morgan fingerprint density at radius 2 is 1.89 bits per heavy atom. The van der Waals surface area contributed by atoms with Crippen molar-refractivity contribution in [1.29, 1.82) is 0 Å². The fraction of sp³-hybridized carbons (Fsp3) is 0.952. The first-order valence-corrected chi connectivity index (χ1v) is 11.1. The molecule has 3 aliphatic heterocycles. The molecule has 27 heavy (non-hydrogen) atoms. The van der Waals surface area contributed by atoms with Gasteiger partial charge >= 0.3 is 0 Å². The van der Waals surface area contributed by atoms with Crippen LogP contribution in [0.4, 0.5) is 0 Å². The number of rotatable bonds is 6. The molecule has 3 saturated heterocycles. The quantitative estimate of drug-likeness (QED) is 0.564. The van der Waals surface area contributed by atoms with E-state index >= 15 is 0 Å². The van der Waals surface area contributed by atoms with Gasteiger partial charge in [0.2, 0.25) is 0 Å². The summed E-state index contributed by atoms with van der Waals surface area (Å²) >= 11 is 0. The van der Waals surface area contributed by atoms with Crippen LogP contribution in [0.5, 0.6) is 0 Å². The zero-order chi connectivity index (χ0) is 19.1. The van der Waals surface area contributed by atoms with Gasteiger partial charge in [-0.15, -0.1) is 0 Å². The molecular formula is C21H41N5O. The summed E-state index contributed by atoms with van der Waals surface area (Å²) in [6, 6.07) is 0. The number of guanidine groups is 1. The van der Waals surface area contributed by atoms with Gasteiger partial charge in [0, 0.05) is 44.9 Å². The van der Waals surface area contributed by atoms with Crippen LogP contribution in [0.25, 0.3) is 0 Å². The van der Waals surface area contributed by atoms with Crippen molar-refractivity contribution in [1.82, 2.24) is 20.0 Å². The maximum absolute atomic E-state index is 5.61. The molecule has 156 valence electrons. The van der Waals surface area contributed by atoms with Gasteiger partial charge in [0.25, 0.3) is 0 Å². The Balaban J connectivity index is 1.58. The summed E-state index contributed by atoms with van der Waals surface area (Å²) in [6.45, 7) is 11.8. The molecule has 6 heteroatoms. The first-order valence-electron chi connectivity index (χ1n) is 11.1. The lowest BCUT2D eigenvalue weighted by molar-refractivity contribution is -0.00263. The lowest BCUT2D eigenvalue weighted by atomic mass is 9.89. The van der Waals surface area contributed by atoms with Crippen LogP contribution in [-0.2, 0) is 4.74 Å². The van der Waals surface area contributed by atoms with E-state index in [1.807, 2.05) is 0 Å². The predicted octanol–water partition coefficient (Wildman–Crippen LogP) is 1.87. The zero-order valence-corrected chi connectivity index (χ0v) is 17.9. The Labute approximate surface area is 166 Å². The molecule has 0 radical (unpaired) electrons. The van der Waals surface area contributed by atoms with Gasteiger partial charge in [-0.2, -0.15) is 0 Å². The van der Waals surface area contributed by atoms with Gasteiger partial charge in [-0.3, -0.25) is 4.99 Å². The van der Waals surface area contributed by atoms with Gasteiger partial charge in [-0.25, -0.2) is 0 Å². The minimum absolute atomic E-state index is 0.145. The summed E-state index contributed by atoms with van der Waals surface area (Å²) < 4.78 is 5.61. The summed E-state index contributed by atoms with van der Waals surface area (Å²) in [5, 5.41) is 3.56. The number of ether oxygens (including phenoxy) is 1. The highest BCUT2D eigenvalue weighted by atomic mass is 16.5. The number of aliphatic imine (C=N–C) groups is 1. The van der Waals surface area contributed by atoms with Crippen LogP contribution in [0.15, 0.2) is 4.99 Å². The van der Waals surface area contributed by atoms with Crippen molar-refractivity contribution in [2.45, 2.75) is 51.0 Å². The Morgan fingerprint density at radius 1 is 1.15 bits per heavy atom. The number of hydrogen-bond donors (Lipinski definition) is 1. The van der Waals surface area contributed by atoms with Crippen molar-refractivity contribution >= 4 is 5.96 Å². The Bertz CT molecular complexity index is 469. The molecule has 3 heterocycles. The molecule has 0 saturated carbocycles. The third kappa shape index (κ3) is 5.58. The molecule has 6 nitrogen and oxygen atoms in total. The van der Waals surface area contributed by atoms with Crippen LogP contribution in [0, 0.1) is 5.92 Å². The van der Waals surface area contributed by atoms with Gasteiger partial charge < -0.3 is 24.8 Å². The van der Waals surface area contributed by atoms with E-state index in [-0.39, 0.29) is 5.54 Å². The Hall–Kier alpha value is -0.850. The molecule has 0 aromatic heterocycles. The molecule has 0 aliphatic carbocycles. The fourth-order valence-corrected chi connectivity index (χ4v) is 4.83. The van der Waals surface area contributed by atoms with Crippen molar-refractivity contribution in [3.8, 4) is 0 Å². The zero-order valence-electron chi connectivity index (χ0n) is 17.9. The van der Waals surface area contributed by atoms with Crippen molar-refractivity contribution in [2.75, 3.05) is 73.1 Å². The van der Waals surface area contributed by atoms with Crippen LogP contribution in [-0.4, -0.2) is 99.3 Å². The molecule has 0 aromatic carbocycles. The predicted molar refractivity (Wildman–Crippen MR) is 112 cm³/mol. The number of nitrogens with zero attached hydrogens (tertiary/aromatic N) is 4. The minimum Gasteiger partial charge on any atom is -0.381 e. The Kier molecular flexibility index (Phi) is 7.79. The number of piperidine rings is 1. The second-order valence-corrected chi connectivity index (χ2v) is 8.86. The molecule has 3 fully saturated rings. The third-order valence-electron chi connectivity index (χ3n) is 6.78. The SMILES string of the molecule is CCNC(=NCC1(N(C)C)CCOCC1)N1CCC(CN2CCCCC2)C1. The summed E-state index contributed by atoms with van der Waals surface area (Å²) in [5.41, 5.74) is 0.145. The molecular weight excluding hydrogens is 338 g/mol. The molecule has 1 unspecified atom stereocenters. The standard InChI is InChI=1S/C21H41N5O/c1-4-22-20(23-18-21(24(2)3)9-14-27-15-10-21)26-13-8-19(17-26)16-25-11-6-5-7-12-25/h19H,4-18H2,1-3H3,(H,22,23). The van der Waals surface area contributed by atoms with E-state index in [1.54, 1.807) is 0 Å². The maximum atomic E-state index is 5.61. The van der Waals surface area contributed by atoms with E-state index in [9.17, 15) is 0 Å². The van der Waals surface area contributed by atoms with Gasteiger partial charge in [-0.05, 0) is 72.1 Å². The summed E-state index contributed by atoms with van der Waals surface area (Å²) in [5.74, 6) is 1.91. The van der Waals surface area contributed by atoms with Crippen molar-refractivity contribution < 1.29 is 4.74 Å². The van der Waals surface area contributed by atoms with Crippen LogP contribution in [0.3, 0.4) is 0 Å². The minimum atomic E-state index is 0.145. The topological polar surface area (TPSA) is 43.3 Å². The number of nitrogens with one attached hydrogen (secondary N) is 1. The Morgan fingerprint density at radius 3 is 2.56 bits per heavy atom. The summed E-state index contributed by atoms with van der Waals surface area (Å²) in [7, 11) is 4.39. The molecule has 1 N–H and O–H groups in total. The van der Waals surface area contributed by atoms with Crippen molar-refractivity contribution in [3.05, 3.63) is 0 Å². The maximum Gasteiger partial charge on any atom is 0.193 e. The first-order chi connectivity index (χ1) is 13.1. The summed E-state index contributed by atoms with van der Waals surface area (Å²) in [6.07, 6.45) is 7.63. The second-order valence-electron chi connectivity index (χ2n) is 8.86. The van der Waals surface area contributed by atoms with Gasteiger partial charge in [0.15, 0.2) is 5.96 Å². The number of hydrogen-bond acceptors (Lipinski definition) is 4. The lowest BCUT2D eigenvalue weighted by Crippen LogP contribution is -2.52. The highest BCUT2D eigenvalue weighted by Gasteiger charge is 2.35. The van der Waals surface area contributed by atoms with Crippen LogP contribution in [0.2, 0.25) is 0 Å². The second kappa shape index (κ2) is 10.1. The van der Waals surface area contributed by atoms with E-state index < -0.39 is 0 Å². The summed E-state index contributed by atoms with van der Waals surface area (Å²) in [4.78, 5) is 12.7. The van der Waals surface area contributed by atoms with Crippen LogP contribution in [0.1, 0.15) is 45.4 Å². The first kappa shape index (κ1) is 20.9. The molecule has 3 aliphatic rings. The highest BCUT2D eigenvalue weighted by Crippen LogP contribution is 2.27. The van der Waals surface area contributed by atoms with Gasteiger partial charge in [0.05, 0.1) is 6.54 Å². The van der Waals surface area contributed by atoms with E-state index in [0.717, 1.165) is 64.1 Å². The highest BCUT2D eigenvalue weighted by molar-refractivity contribution is 5.80. The average molecular weight is 380 g/mol. The van der Waals surface area contributed by atoms with Crippen molar-refractivity contribution in [2.24, 2.45) is 10.9 Å².